The van der Waals surface area contributed by atoms with Crippen molar-refractivity contribution in [1.29, 1.82) is 0 Å². The molecule has 0 spiro atoms. The van der Waals surface area contributed by atoms with Crippen LogP contribution in [0, 0.1) is 6.92 Å². The number of carbonyl (C=O) groups excluding carboxylic acids is 2. The molecule has 0 heterocycles. The van der Waals surface area contributed by atoms with Gasteiger partial charge >= 0.3 is 23.9 Å². The zero-order valence-electron chi connectivity index (χ0n) is 18.3. The van der Waals surface area contributed by atoms with Gasteiger partial charge in [-0.25, -0.2) is 9.59 Å². The van der Waals surface area contributed by atoms with E-state index in [0.29, 0.717) is 5.56 Å². The van der Waals surface area contributed by atoms with Gasteiger partial charge in [0.1, 0.15) is 28.7 Å². The number of hydrogen-bond acceptors (Lipinski definition) is 9. The van der Waals surface area contributed by atoms with Crippen LogP contribution >= 0.6 is 0 Å². The van der Waals surface area contributed by atoms with Crippen LogP contribution in [0.2, 0.25) is 0 Å². The van der Waals surface area contributed by atoms with E-state index >= 15 is 0 Å². The molecule has 0 saturated heterocycles. The summed E-state index contributed by atoms with van der Waals surface area (Å²) in [4.78, 5) is 42.9. The smallest absolute Gasteiger partial charge is 0.328 e. The maximum atomic E-state index is 11.1. The Morgan fingerprint density at radius 3 is 1.44 bits per heavy atom. The monoisotopic (exact) mass is 474 g/mol. The average molecular weight is 474 g/mol. The number of ether oxygens (including phenoxy) is 2. The molecule has 0 aliphatic rings. The third kappa shape index (κ3) is 9.14. The Bertz CT molecular complexity index is 1100. The number of esters is 2. The van der Waals surface area contributed by atoms with Gasteiger partial charge in [0.05, 0.1) is 11.1 Å². The summed E-state index contributed by atoms with van der Waals surface area (Å²) < 4.78 is 10.0. The molecule has 0 bridgehead atoms. The first kappa shape index (κ1) is 27.2. The van der Waals surface area contributed by atoms with E-state index in [1.165, 1.54) is 19.9 Å². The summed E-state index contributed by atoms with van der Waals surface area (Å²) in [6.45, 7) is 4.17. The quantitative estimate of drug-likeness (QED) is 0.235. The van der Waals surface area contributed by atoms with Crippen molar-refractivity contribution >= 4 is 36.0 Å². The van der Waals surface area contributed by atoms with E-state index in [2.05, 4.69) is 0 Å². The van der Waals surface area contributed by atoms with Crippen LogP contribution in [0.25, 0.3) is 12.2 Å². The normalized spacial score (nSPS) is 10.4. The molecular weight excluding hydrogens is 452 g/mol. The molecule has 0 unspecified atom stereocenters. The van der Waals surface area contributed by atoms with E-state index in [9.17, 15) is 29.4 Å². The summed E-state index contributed by atoms with van der Waals surface area (Å²) in [7, 11) is 0. The molecule has 0 atom stereocenters. The van der Waals surface area contributed by atoms with Crippen molar-refractivity contribution in [3.63, 3.8) is 0 Å². The largest absolute Gasteiger partial charge is 0.508 e. The fourth-order valence-corrected chi connectivity index (χ4v) is 2.46. The number of phenolic OH excluding ortho intramolecular Hbond substituents is 3. The molecule has 0 fully saturated rings. The van der Waals surface area contributed by atoms with Crippen LogP contribution in [0.4, 0.5) is 0 Å². The molecule has 0 aliphatic carbocycles. The molecule has 0 aromatic heterocycles. The maximum absolute atomic E-state index is 11.1. The lowest BCUT2D eigenvalue weighted by atomic mass is 10.1. The summed E-state index contributed by atoms with van der Waals surface area (Å²) in [6.07, 6.45) is 3.88. The third-order valence-corrected chi connectivity index (χ3v) is 3.66. The highest BCUT2D eigenvalue weighted by Gasteiger charge is 2.14. The van der Waals surface area contributed by atoms with Gasteiger partial charge in [-0.1, -0.05) is 0 Å². The molecule has 0 aliphatic heterocycles. The maximum Gasteiger partial charge on any atom is 0.328 e. The highest BCUT2D eigenvalue weighted by Crippen LogP contribution is 2.33. The Morgan fingerprint density at radius 2 is 1.09 bits per heavy atom. The molecule has 34 heavy (non-hydrogen) atoms. The fraction of sp³-hybridized carbons (Fsp3) is 0.130. The van der Waals surface area contributed by atoms with Crippen molar-refractivity contribution in [1.82, 2.24) is 0 Å². The van der Waals surface area contributed by atoms with E-state index in [0.717, 1.165) is 30.4 Å². The Balaban J connectivity index is 0.000000362. The molecule has 0 radical (unpaired) electrons. The number of benzene rings is 2. The summed E-state index contributed by atoms with van der Waals surface area (Å²) in [6, 6.07) is 5.11. The van der Waals surface area contributed by atoms with Crippen molar-refractivity contribution in [3.05, 3.63) is 53.1 Å². The lowest BCUT2D eigenvalue weighted by Gasteiger charge is -2.12. The van der Waals surface area contributed by atoms with Gasteiger partial charge in [0.15, 0.2) is 0 Å². The lowest BCUT2D eigenvalue weighted by Crippen LogP contribution is -2.07. The zero-order valence-corrected chi connectivity index (χ0v) is 18.3. The van der Waals surface area contributed by atoms with Crippen molar-refractivity contribution in [3.8, 4) is 28.7 Å². The van der Waals surface area contributed by atoms with Crippen LogP contribution in [-0.2, 0) is 19.2 Å². The zero-order chi connectivity index (χ0) is 26.0. The van der Waals surface area contributed by atoms with Gasteiger partial charge in [-0.05, 0) is 36.8 Å². The van der Waals surface area contributed by atoms with Crippen molar-refractivity contribution < 1.29 is 54.2 Å². The van der Waals surface area contributed by atoms with Crippen molar-refractivity contribution in [2.24, 2.45) is 0 Å². The Morgan fingerprint density at radius 1 is 0.706 bits per heavy atom. The number of aromatic hydroxyl groups is 3. The van der Waals surface area contributed by atoms with Gasteiger partial charge in [0.2, 0.25) is 0 Å². The Hall–Kier alpha value is -4.80. The molecule has 2 rings (SSSR count). The standard InChI is InChI=1S/C14H14O6.C9H8O5/c1-8-6-12(19-9(2)15)11(4-5-14(17)18)13(7-8)20-10(3)16;10-5-3-7(11)6(8(12)4-5)1-2-9(13)14/h4-7H,1-3H3,(H,17,18);1-4,10-12H,(H,13,14)/b5-4+;2-1+. The van der Waals surface area contributed by atoms with Gasteiger partial charge in [0.25, 0.3) is 0 Å². The summed E-state index contributed by atoms with van der Waals surface area (Å²) in [5, 5.41) is 44.4. The van der Waals surface area contributed by atoms with Crippen molar-refractivity contribution in [2.45, 2.75) is 20.8 Å². The molecule has 11 heteroatoms. The van der Waals surface area contributed by atoms with E-state index in [1.54, 1.807) is 19.1 Å². The van der Waals surface area contributed by atoms with Crippen LogP contribution < -0.4 is 9.47 Å². The molecule has 180 valence electrons. The highest BCUT2D eigenvalue weighted by atomic mass is 16.5. The van der Waals surface area contributed by atoms with Crippen LogP contribution in [0.1, 0.15) is 30.5 Å². The van der Waals surface area contributed by atoms with Gasteiger partial charge in [-0.15, -0.1) is 0 Å². The second-order valence-electron chi connectivity index (χ2n) is 6.60. The van der Waals surface area contributed by atoms with Gasteiger partial charge in [-0.3, -0.25) is 9.59 Å². The molecule has 5 N–H and O–H groups in total. The molecule has 0 saturated carbocycles. The molecule has 11 nitrogen and oxygen atoms in total. The predicted molar refractivity (Wildman–Crippen MR) is 119 cm³/mol. The van der Waals surface area contributed by atoms with Crippen LogP contribution in [0.3, 0.4) is 0 Å². The number of rotatable bonds is 6. The minimum atomic E-state index is -1.20. The first-order valence-corrected chi connectivity index (χ1v) is 9.38. The number of carboxylic acid groups (broad SMARTS) is 2. The lowest BCUT2D eigenvalue weighted by molar-refractivity contribution is -0.132. The van der Waals surface area contributed by atoms with Crippen LogP contribution in [0.15, 0.2) is 36.4 Å². The van der Waals surface area contributed by atoms with Gasteiger partial charge < -0.3 is 35.0 Å². The van der Waals surface area contributed by atoms with E-state index in [1.807, 2.05) is 0 Å². The first-order chi connectivity index (χ1) is 15.8. The van der Waals surface area contributed by atoms with Gasteiger partial charge in [0, 0.05) is 38.1 Å². The second-order valence-corrected chi connectivity index (χ2v) is 6.60. The Kier molecular flexibility index (Phi) is 9.85. The number of carbonyl (C=O) groups is 4. The number of carboxylic acids is 2. The van der Waals surface area contributed by atoms with E-state index < -0.39 is 23.9 Å². The predicted octanol–water partition coefficient (Wildman–Crippen LogP) is 2.84. The minimum absolute atomic E-state index is 0.0507. The fourth-order valence-electron chi connectivity index (χ4n) is 2.46. The SMILES string of the molecule is CC(=O)Oc1cc(C)cc(OC(C)=O)c1/C=C/C(=O)O.O=C(O)/C=C/c1c(O)cc(O)cc1O. The topological polar surface area (TPSA) is 188 Å². The molecule has 2 aromatic carbocycles. The number of aryl methyl sites for hydroxylation is 1. The number of hydrogen-bond donors (Lipinski definition) is 5. The van der Waals surface area contributed by atoms with Crippen molar-refractivity contribution in [2.75, 3.05) is 0 Å². The van der Waals surface area contributed by atoms with Gasteiger partial charge in [-0.2, -0.15) is 0 Å². The molecular formula is C23H22O11. The summed E-state index contributed by atoms with van der Waals surface area (Å²) in [5.41, 5.74) is 0.860. The molecule has 2 aromatic rings. The van der Waals surface area contributed by atoms with E-state index in [-0.39, 0.29) is 39.9 Å². The average Bonchev–Trinajstić information content (AvgIpc) is 2.65. The third-order valence-electron chi connectivity index (χ3n) is 3.66. The highest BCUT2D eigenvalue weighted by molar-refractivity contribution is 5.88. The van der Waals surface area contributed by atoms with Crippen LogP contribution in [-0.4, -0.2) is 49.4 Å². The number of aliphatic carboxylic acids is 2. The van der Waals surface area contributed by atoms with E-state index in [4.69, 9.17) is 24.8 Å². The Labute approximate surface area is 193 Å². The first-order valence-electron chi connectivity index (χ1n) is 9.38. The summed E-state index contributed by atoms with van der Waals surface area (Å²) in [5.74, 6) is -4.31. The molecule has 0 amide bonds. The summed E-state index contributed by atoms with van der Waals surface area (Å²) >= 11 is 0. The number of phenols is 3. The van der Waals surface area contributed by atoms with Crippen LogP contribution in [0.5, 0.6) is 28.7 Å². The second kappa shape index (κ2) is 12.3. The minimum Gasteiger partial charge on any atom is -0.508 e.